The Balaban J connectivity index is 1.73. The summed E-state index contributed by atoms with van der Waals surface area (Å²) in [6.07, 6.45) is 9.01. The molecule has 0 saturated heterocycles. The van der Waals surface area contributed by atoms with Gasteiger partial charge in [-0.15, -0.1) is 0 Å². The average Bonchev–Trinajstić information content (AvgIpc) is 2.90. The molecule has 9 atom stereocenters. The fourth-order valence-electron chi connectivity index (χ4n) is 7.61. The van der Waals surface area contributed by atoms with Gasteiger partial charge >= 0.3 is 0 Å². The first kappa shape index (κ1) is 17.1. The minimum Gasteiger partial charge on any atom is -0.390 e. The van der Waals surface area contributed by atoms with Crippen molar-refractivity contribution in [3.8, 4) is 0 Å². The van der Waals surface area contributed by atoms with E-state index in [-0.39, 0.29) is 28.7 Å². The summed E-state index contributed by atoms with van der Waals surface area (Å²) < 4.78 is 0. The van der Waals surface area contributed by atoms with Crippen molar-refractivity contribution in [1.29, 1.82) is 0 Å². The van der Waals surface area contributed by atoms with Crippen LogP contribution in [0, 0.1) is 34.5 Å². The van der Waals surface area contributed by atoms with E-state index in [9.17, 15) is 10.2 Å². The lowest BCUT2D eigenvalue weighted by Gasteiger charge is -2.63. The lowest BCUT2D eigenvalue weighted by Crippen LogP contribution is -2.64. The molecule has 0 aromatic rings. The zero-order valence-electron chi connectivity index (χ0n) is 15.5. The molecule has 0 aromatic heterocycles. The molecule has 0 bridgehead atoms. The number of allylic oxidation sites excluding steroid dienone is 2. The molecule has 136 valence electrons. The zero-order valence-corrected chi connectivity index (χ0v) is 15.5. The van der Waals surface area contributed by atoms with Gasteiger partial charge in [-0.2, -0.15) is 0 Å². The quantitative estimate of drug-likeness (QED) is 0.596. The Morgan fingerprint density at radius 1 is 1.00 bits per heavy atom. The molecule has 0 radical (unpaired) electrons. The van der Waals surface area contributed by atoms with E-state index >= 15 is 0 Å². The second-order valence-electron chi connectivity index (χ2n) is 9.73. The van der Waals surface area contributed by atoms with Crippen molar-refractivity contribution < 1.29 is 10.2 Å². The van der Waals surface area contributed by atoms with Crippen molar-refractivity contribution in [3.63, 3.8) is 0 Å². The number of aliphatic hydroxyl groups is 2. The molecule has 4 aliphatic carbocycles. The number of fused-ring (bicyclic) bond motifs is 5. The molecule has 4 aliphatic rings. The minimum atomic E-state index is -0.598. The van der Waals surface area contributed by atoms with Gasteiger partial charge < -0.3 is 15.9 Å². The van der Waals surface area contributed by atoms with Gasteiger partial charge in [0.1, 0.15) is 0 Å². The molecule has 0 aliphatic heterocycles. The van der Waals surface area contributed by atoms with E-state index < -0.39 is 12.2 Å². The van der Waals surface area contributed by atoms with Crippen LogP contribution in [0.5, 0.6) is 0 Å². The Kier molecular flexibility index (Phi) is 3.95. The SMILES string of the molecule is CC=C1CCC2C3C(CC[C@]12C)[C@@]1(C)CC[C@H](N)CC1[C@@H](O)[C@@H]3O. The summed E-state index contributed by atoms with van der Waals surface area (Å²) in [5.41, 5.74) is 8.20. The van der Waals surface area contributed by atoms with Crippen LogP contribution < -0.4 is 5.73 Å². The van der Waals surface area contributed by atoms with Crippen LogP contribution in [-0.4, -0.2) is 28.5 Å². The second kappa shape index (κ2) is 5.56. The maximum absolute atomic E-state index is 11.1. The molecule has 0 amide bonds. The Morgan fingerprint density at radius 3 is 2.46 bits per heavy atom. The Hall–Kier alpha value is -0.380. The minimum absolute atomic E-state index is 0.152. The number of hydrogen-bond acceptors (Lipinski definition) is 3. The van der Waals surface area contributed by atoms with Gasteiger partial charge in [-0.05, 0) is 86.4 Å². The molecule has 0 aromatic carbocycles. The van der Waals surface area contributed by atoms with Gasteiger partial charge in [0.2, 0.25) is 0 Å². The van der Waals surface area contributed by atoms with Gasteiger partial charge in [0, 0.05) is 6.04 Å². The highest BCUT2D eigenvalue weighted by molar-refractivity contribution is 5.25. The largest absolute Gasteiger partial charge is 0.390 e. The summed E-state index contributed by atoms with van der Waals surface area (Å²) in [6.45, 7) is 6.98. The normalized spacial score (nSPS) is 58.9. The number of nitrogens with two attached hydrogens (primary N) is 1. The highest BCUT2D eigenvalue weighted by Crippen LogP contribution is 2.67. The highest BCUT2D eigenvalue weighted by Gasteiger charge is 2.63. The number of hydrogen-bond donors (Lipinski definition) is 3. The van der Waals surface area contributed by atoms with Gasteiger partial charge in [-0.3, -0.25) is 0 Å². The van der Waals surface area contributed by atoms with Crippen molar-refractivity contribution in [2.24, 2.45) is 40.2 Å². The summed E-state index contributed by atoms with van der Waals surface area (Å²) in [4.78, 5) is 0. The van der Waals surface area contributed by atoms with Gasteiger partial charge in [0.15, 0.2) is 0 Å². The molecule has 3 heteroatoms. The lowest BCUT2D eigenvalue weighted by molar-refractivity contribution is -0.210. The number of rotatable bonds is 0. The summed E-state index contributed by atoms with van der Waals surface area (Å²) in [6, 6.07) is 0.191. The van der Waals surface area contributed by atoms with Gasteiger partial charge in [-0.1, -0.05) is 25.5 Å². The van der Waals surface area contributed by atoms with E-state index in [2.05, 4.69) is 26.8 Å². The molecule has 24 heavy (non-hydrogen) atoms. The second-order valence-corrected chi connectivity index (χ2v) is 9.73. The fraction of sp³-hybridized carbons (Fsp3) is 0.905. The zero-order chi connectivity index (χ0) is 17.3. The first-order valence-corrected chi connectivity index (χ1v) is 10.1. The third kappa shape index (κ3) is 2.07. The predicted octanol–water partition coefficient (Wildman–Crippen LogP) is 3.24. The van der Waals surface area contributed by atoms with Crippen LogP contribution in [0.2, 0.25) is 0 Å². The van der Waals surface area contributed by atoms with Crippen LogP contribution in [-0.2, 0) is 0 Å². The first-order chi connectivity index (χ1) is 11.3. The molecule has 3 nitrogen and oxygen atoms in total. The maximum atomic E-state index is 11.1. The summed E-state index contributed by atoms with van der Waals surface area (Å²) >= 11 is 0. The van der Waals surface area contributed by atoms with Gasteiger partial charge in [-0.25, -0.2) is 0 Å². The maximum Gasteiger partial charge on any atom is 0.0836 e. The van der Waals surface area contributed by atoms with E-state index in [0.717, 1.165) is 19.3 Å². The van der Waals surface area contributed by atoms with E-state index in [1.807, 2.05) is 0 Å². The lowest BCUT2D eigenvalue weighted by atomic mass is 9.43. The van der Waals surface area contributed by atoms with E-state index in [4.69, 9.17) is 5.73 Å². The fourth-order valence-corrected chi connectivity index (χ4v) is 7.61. The Bertz CT molecular complexity index is 546. The Labute approximate surface area is 146 Å². The van der Waals surface area contributed by atoms with Crippen molar-refractivity contribution in [2.45, 2.75) is 84.0 Å². The van der Waals surface area contributed by atoms with Crippen LogP contribution in [0.15, 0.2) is 11.6 Å². The molecule has 4 saturated carbocycles. The molecule has 4 fully saturated rings. The molecule has 4 N–H and O–H groups in total. The monoisotopic (exact) mass is 333 g/mol. The van der Waals surface area contributed by atoms with Gasteiger partial charge in [0.05, 0.1) is 12.2 Å². The van der Waals surface area contributed by atoms with Crippen LogP contribution in [0.4, 0.5) is 0 Å². The van der Waals surface area contributed by atoms with Gasteiger partial charge in [0.25, 0.3) is 0 Å². The Morgan fingerprint density at radius 2 is 1.75 bits per heavy atom. The van der Waals surface area contributed by atoms with Crippen LogP contribution in [0.25, 0.3) is 0 Å². The third-order valence-corrected chi connectivity index (χ3v) is 8.99. The smallest absolute Gasteiger partial charge is 0.0836 e. The number of aliphatic hydroxyl groups excluding tert-OH is 2. The summed E-state index contributed by atoms with van der Waals surface area (Å²) in [5.74, 6) is 1.50. The van der Waals surface area contributed by atoms with E-state index in [1.165, 1.54) is 25.7 Å². The van der Waals surface area contributed by atoms with Crippen molar-refractivity contribution >= 4 is 0 Å². The molecule has 4 rings (SSSR count). The van der Waals surface area contributed by atoms with Crippen LogP contribution in [0.1, 0.15) is 65.7 Å². The predicted molar refractivity (Wildman–Crippen MR) is 96.2 cm³/mol. The molecular formula is C21H35NO2. The van der Waals surface area contributed by atoms with Crippen molar-refractivity contribution in [2.75, 3.05) is 0 Å². The van der Waals surface area contributed by atoms with Crippen molar-refractivity contribution in [3.05, 3.63) is 11.6 Å². The highest BCUT2D eigenvalue weighted by atomic mass is 16.3. The molecular weight excluding hydrogens is 298 g/mol. The standard InChI is InChI=1S/C21H35NO2/c1-4-12-5-6-14-17-15(8-10-20(12,14)2)21(3)9-7-13(22)11-16(21)18(23)19(17)24/h4,13-19,23-24H,5-11,22H2,1-3H3/t13-,14?,15?,16?,17?,18+,19+,20+,21+/m0/s1. The van der Waals surface area contributed by atoms with Crippen LogP contribution in [0.3, 0.4) is 0 Å². The molecule has 0 spiro atoms. The van der Waals surface area contributed by atoms with E-state index in [0.29, 0.717) is 11.8 Å². The summed E-state index contributed by atoms with van der Waals surface area (Å²) in [7, 11) is 0. The molecule has 0 heterocycles. The topological polar surface area (TPSA) is 66.5 Å². The third-order valence-electron chi connectivity index (χ3n) is 8.99. The molecule has 4 unspecified atom stereocenters. The van der Waals surface area contributed by atoms with E-state index in [1.54, 1.807) is 5.57 Å². The summed E-state index contributed by atoms with van der Waals surface area (Å²) in [5, 5.41) is 22.1. The van der Waals surface area contributed by atoms with Crippen molar-refractivity contribution in [1.82, 2.24) is 0 Å². The van der Waals surface area contributed by atoms with Crippen LogP contribution >= 0.6 is 0 Å². The first-order valence-electron chi connectivity index (χ1n) is 10.1. The average molecular weight is 334 g/mol.